The molecule has 38 heavy (non-hydrogen) atoms. The molecule has 3 N–H and O–H groups in total. The molecular formula is C30H54N2O5S. The lowest BCUT2D eigenvalue weighted by Gasteiger charge is -2.31. The molecule has 7 nitrogen and oxygen atoms in total. The van der Waals surface area contributed by atoms with Gasteiger partial charge in [0.2, 0.25) is 0 Å². The van der Waals surface area contributed by atoms with Gasteiger partial charge in [0.15, 0.2) is 0 Å². The lowest BCUT2D eigenvalue weighted by Crippen LogP contribution is -2.52. The number of rotatable bonds is 19. The number of aliphatic carboxylic acids is 2. The Balaban J connectivity index is 2.23. The van der Waals surface area contributed by atoms with Crippen molar-refractivity contribution in [3.63, 3.8) is 0 Å². The number of allylic oxidation sites excluding steroid dienone is 1. The first-order valence-electron chi connectivity index (χ1n) is 14.7. The maximum atomic E-state index is 12.5. The molecule has 0 bridgehead atoms. The van der Waals surface area contributed by atoms with Gasteiger partial charge < -0.3 is 20.4 Å². The van der Waals surface area contributed by atoms with Gasteiger partial charge in [0.05, 0.1) is 5.92 Å². The summed E-state index contributed by atoms with van der Waals surface area (Å²) in [6.07, 6.45) is 14.8. The highest BCUT2D eigenvalue weighted by Gasteiger charge is 2.30. The predicted molar refractivity (Wildman–Crippen MR) is 158 cm³/mol. The summed E-state index contributed by atoms with van der Waals surface area (Å²) >= 11 is 1.49. The normalized spacial score (nSPS) is 18.7. The molecule has 0 radical (unpaired) electrons. The van der Waals surface area contributed by atoms with E-state index in [9.17, 15) is 24.6 Å². The number of thioether (sulfide) groups is 1. The second-order valence-corrected chi connectivity index (χ2v) is 13.0. The SMILES string of the molecule is C/C(=C\CSC[C@H](NC(=O)N1CCCC(C(=O)O)C1)C(=O)O)CCCC(C)CCCC(C)CCCC(C)C. The van der Waals surface area contributed by atoms with Crippen LogP contribution in [-0.4, -0.2) is 63.7 Å². The maximum Gasteiger partial charge on any atom is 0.327 e. The molecule has 8 heteroatoms. The molecule has 0 spiro atoms. The van der Waals surface area contributed by atoms with Crippen LogP contribution >= 0.6 is 11.8 Å². The summed E-state index contributed by atoms with van der Waals surface area (Å²) in [5.41, 5.74) is 1.33. The fourth-order valence-electron chi connectivity index (χ4n) is 4.97. The van der Waals surface area contributed by atoms with Gasteiger partial charge in [-0.15, -0.1) is 0 Å². The summed E-state index contributed by atoms with van der Waals surface area (Å²) in [6, 6.07) is -1.49. The fourth-order valence-corrected chi connectivity index (χ4v) is 5.97. The van der Waals surface area contributed by atoms with Crippen molar-refractivity contribution >= 4 is 29.7 Å². The summed E-state index contributed by atoms with van der Waals surface area (Å²) in [6.45, 7) is 12.1. The quantitative estimate of drug-likeness (QED) is 0.116. The molecule has 1 fully saturated rings. The van der Waals surface area contributed by atoms with Gasteiger partial charge in [0.1, 0.15) is 6.04 Å². The lowest BCUT2D eigenvalue weighted by molar-refractivity contribution is -0.143. The van der Waals surface area contributed by atoms with Crippen LogP contribution in [0, 0.1) is 23.7 Å². The summed E-state index contributed by atoms with van der Waals surface area (Å²) < 4.78 is 0. The molecule has 0 aliphatic carbocycles. The number of nitrogens with one attached hydrogen (secondary N) is 1. The van der Waals surface area contributed by atoms with Crippen molar-refractivity contribution < 1.29 is 24.6 Å². The Labute approximate surface area is 235 Å². The molecule has 1 saturated heterocycles. The van der Waals surface area contributed by atoms with Crippen LogP contribution < -0.4 is 5.32 Å². The number of carboxylic acids is 2. The topological polar surface area (TPSA) is 107 Å². The van der Waals surface area contributed by atoms with Crippen molar-refractivity contribution in [2.45, 2.75) is 111 Å². The molecular weight excluding hydrogens is 500 g/mol. The van der Waals surface area contributed by atoms with Gasteiger partial charge in [-0.3, -0.25) is 4.79 Å². The minimum Gasteiger partial charge on any atom is -0.481 e. The van der Waals surface area contributed by atoms with Crippen molar-refractivity contribution in [1.82, 2.24) is 10.2 Å². The van der Waals surface area contributed by atoms with Crippen LogP contribution in [0.4, 0.5) is 4.79 Å². The first-order valence-corrected chi connectivity index (χ1v) is 15.9. The molecule has 1 rings (SSSR count). The zero-order valence-electron chi connectivity index (χ0n) is 24.5. The van der Waals surface area contributed by atoms with Gasteiger partial charge in [0, 0.05) is 24.6 Å². The van der Waals surface area contributed by atoms with Gasteiger partial charge in [-0.1, -0.05) is 84.3 Å². The molecule has 0 aromatic rings. The summed E-state index contributed by atoms with van der Waals surface area (Å²) in [5.74, 6) is 0.816. The Morgan fingerprint density at radius 1 is 0.974 bits per heavy atom. The minimum absolute atomic E-state index is 0.124. The molecule has 4 atom stereocenters. The van der Waals surface area contributed by atoms with Crippen LogP contribution in [-0.2, 0) is 9.59 Å². The van der Waals surface area contributed by atoms with Crippen molar-refractivity contribution in [3.8, 4) is 0 Å². The Hall–Kier alpha value is -1.70. The van der Waals surface area contributed by atoms with Gasteiger partial charge in [0.25, 0.3) is 0 Å². The Morgan fingerprint density at radius 3 is 2.16 bits per heavy atom. The minimum atomic E-state index is -1.07. The van der Waals surface area contributed by atoms with Crippen molar-refractivity contribution in [3.05, 3.63) is 11.6 Å². The molecule has 0 aromatic carbocycles. The summed E-state index contributed by atoms with van der Waals surface area (Å²) in [7, 11) is 0. The lowest BCUT2D eigenvalue weighted by atomic mass is 9.91. The highest BCUT2D eigenvalue weighted by atomic mass is 32.2. The predicted octanol–water partition coefficient (Wildman–Crippen LogP) is 7.06. The standard InChI is InChI=1S/C30H54N2O5S/c1-22(2)10-6-11-23(3)12-7-13-24(4)14-8-15-25(5)17-19-38-21-27(29(35)36)31-30(37)32-18-9-16-26(20-32)28(33)34/h17,22-24,26-27H,6-16,18-21H2,1-5H3,(H,31,37)(H,33,34)(H,35,36)/b25-17+/t23?,24?,26?,27-/m0/s1. The average molecular weight is 555 g/mol. The second kappa shape index (κ2) is 19.4. The van der Waals surface area contributed by atoms with E-state index in [2.05, 4.69) is 46.0 Å². The first kappa shape index (κ1) is 34.3. The number of hydrogen-bond acceptors (Lipinski definition) is 4. The van der Waals surface area contributed by atoms with Crippen LogP contribution in [0.5, 0.6) is 0 Å². The van der Waals surface area contributed by atoms with Gasteiger partial charge in [-0.25, -0.2) is 9.59 Å². The number of likely N-dealkylation sites (tertiary alicyclic amines) is 1. The van der Waals surface area contributed by atoms with E-state index in [1.165, 1.54) is 73.6 Å². The van der Waals surface area contributed by atoms with E-state index >= 15 is 0 Å². The monoisotopic (exact) mass is 554 g/mol. The van der Waals surface area contributed by atoms with Crippen molar-refractivity contribution in [2.24, 2.45) is 23.7 Å². The largest absolute Gasteiger partial charge is 0.481 e. The maximum absolute atomic E-state index is 12.5. The molecule has 1 aliphatic rings. The van der Waals surface area contributed by atoms with Crippen LogP contribution in [0.2, 0.25) is 0 Å². The van der Waals surface area contributed by atoms with Crippen LogP contribution in [0.3, 0.4) is 0 Å². The van der Waals surface area contributed by atoms with E-state index in [1.807, 2.05) is 0 Å². The highest BCUT2D eigenvalue weighted by molar-refractivity contribution is 7.99. The number of amides is 2. The van der Waals surface area contributed by atoms with E-state index in [4.69, 9.17) is 0 Å². The van der Waals surface area contributed by atoms with Crippen LogP contribution in [0.1, 0.15) is 105 Å². The number of urea groups is 1. The third-order valence-electron chi connectivity index (χ3n) is 7.63. The average Bonchev–Trinajstić information content (AvgIpc) is 2.85. The molecule has 0 saturated carbocycles. The van der Waals surface area contributed by atoms with Gasteiger partial charge in [-0.05, 0) is 50.4 Å². The molecule has 220 valence electrons. The molecule has 1 heterocycles. The van der Waals surface area contributed by atoms with E-state index in [-0.39, 0.29) is 12.3 Å². The molecule has 0 aromatic heterocycles. The number of hydrogen-bond donors (Lipinski definition) is 3. The fraction of sp³-hybridized carbons (Fsp3) is 0.833. The third kappa shape index (κ3) is 15.6. The number of carbonyl (C=O) groups is 3. The first-order chi connectivity index (χ1) is 18.0. The summed E-state index contributed by atoms with van der Waals surface area (Å²) in [5, 5.41) is 21.3. The molecule has 3 unspecified atom stereocenters. The van der Waals surface area contributed by atoms with Gasteiger partial charge >= 0.3 is 18.0 Å². The zero-order chi connectivity index (χ0) is 28.5. The smallest absolute Gasteiger partial charge is 0.327 e. The van der Waals surface area contributed by atoms with E-state index in [1.54, 1.807) is 0 Å². The second-order valence-electron chi connectivity index (χ2n) is 11.9. The Bertz CT molecular complexity index is 742. The van der Waals surface area contributed by atoms with Crippen LogP contribution in [0.15, 0.2) is 11.6 Å². The third-order valence-corrected chi connectivity index (χ3v) is 8.60. The number of nitrogens with zero attached hydrogens (tertiary/aromatic N) is 1. The van der Waals surface area contributed by atoms with Crippen molar-refractivity contribution in [1.29, 1.82) is 0 Å². The van der Waals surface area contributed by atoms with Crippen LogP contribution in [0.25, 0.3) is 0 Å². The number of piperidine rings is 1. The molecule has 2 amide bonds. The van der Waals surface area contributed by atoms with Gasteiger partial charge in [-0.2, -0.15) is 11.8 Å². The zero-order valence-corrected chi connectivity index (χ0v) is 25.4. The highest BCUT2D eigenvalue weighted by Crippen LogP contribution is 2.22. The van der Waals surface area contributed by atoms with E-state index in [0.717, 1.165) is 24.2 Å². The number of carbonyl (C=O) groups excluding carboxylic acids is 1. The Morgan fingerprint density at radius 2 is 1.58 bits per heavy atom. The Kier molecular flexibility index (Phi) is 17.5. The summed E-state index contributed by atoms with van der Waals surface area (Å²) in [4.78, 5) is 36.8. The van der Waals surface area contributed by atoms with E-state index < -0.39 is 29.9 Å². The van der Waals surface area contributed by atoms with Crippen molar-refractivity contribution in [2.75, 3.05) is 24.6 Å². The van der Waals surface area contributed by atoms with E-state index in [0.29, 0.717) is 25.1 Å². The number of carboxylic acid groups (broad SMARTS) is 2. The molecule has 1 aliphatic heterocycles.